The Hall–Kier alpha value is -2.54. The largest absolute Gasteiger partial charge is 0.472 e. The van der Waals surface area contributed by atoms with Gasteiger partial charge in [-0.2, -0.15) is 4.98 Å². The molecule has 2 aliphatic heterocycles. The summed E-state index contributed by atoms with van der Waals surface area (Å²) in [5.41, 5.74) is 0.947. The van der Waals surface area contributed by atoms with Crippen LogP contribution >= 0.6 is 11.6 Å². The molecule has 1 N–H and O–H groups in total. The molecule has 2 fully saturated rings. The molecule has 3 aliphatic rings. The van der Waals surface area contributed by atoms with E-state index in [0.29, 0.717) is 22.5 Å². The summed E-state index contributed by atoms with van der Waals surface area (Å²) in [5, 5.41) is 3.97. The summed E-state index contributed by atoms with van der Waals surface area (Å²) >= 11 is 6.65. The number of carbonyl (C=O) groups is 1. The zero-order chi connectivity index (χ0) is 23.2. The summed E-state index contributed by atoms with van der Waals surface area (Å²) in [7, 11) is 0. The Morgan fingerprint density at radius 1 is 1.15 bits per heavy atom. The predicted octanol–water partition coefficient (Wildman–Crippen LogP) is 5.56. The molecule has 0 spiro atoms. The molecular weight excluding hydrogens is 438 g/mol. The first kappa shape index (κ1) is 22.3. The molecule has 7 nitrogen and oxygen atoms in total. The highest BCUT2D eigenvalue weighted by molar-refractivity contribution is 6.33. The SMILES string of the molecule is CC1CCN(c2ccc(Nc3ncc4c(n3)N(C3CCCC3)C(=O)C(C)(C)O4)cc2Cl)CC1. The second-order valence-corrected chi connectivity index (χ2v) is 10.5. The smallest absolute Gasteiger partial charge is 0.272 e. The highest BCUT2D eigenvalue weighted by Crippen LogP contribution is 2.41. The fourth-order valence-corrected chi connectivity index (χ4v) is 5.39. The van der Waals surface area contributed by atoms with Crippen molar-refractivity contribution >= 4 is 40.6 Å². The number of halogens is 1. The summed E-state index contributed by atoms with van der Waals surface area (Å²) < 4.78 is 5.97. The van der Waals surface area contributed by atoms with E-state index in [0.717, 1.165) is 56.1 Å². The maximum absolute atomic E-state index is 13.2. The van der Waals surface area contributed by atoms with E-state index in [2.05, 4.69) is 28.2 Å². The Morgan fingerprint density at radius 3 is 2.58 bits per heavy atom. The topological polar surface area (TPSA) is 70.6 Å². The lowest BCUT2D eigenvalue weighted by Gasteiger charge is -2.40. The zero-order valence-electron chi connectivity index (χ0n) is 19.6. The molecule has 5 rings (SSSR count). The highest BCUT2D eigenvalue weighted by Gasteiger charge is 2.45. The molecule has 1 saturated carbocycles. The number of rotatable bonds is 4. The number of ether oxygens (including phenoxy) is 1. The van der Waals surface area contributed by atoms with Crippen molar-refractivity contribution in [1.82, 2.24) is 9.97 Å². The Bertz CT molecular complexity index is 1050. The van der Waals surface area contributed by atoms with Gasteiger partial charge in [-0.25, -0.2) is 4.98 Å². The number of amides is 1. The highest BCUT2D eigenvalue weighted by atomic mass is 35.5. The Labute approximate surface area is 200 Å². The van der Waals surface area contributed by atoms with Gasteiger partial charge in [-0.15, -0.1) is 0 Å². The van der Waals surface area contributed by atoms with Gasteiger partial charge in [0.05, 0.1) is 16.9 Å². The Balaban J connectivity index is 1.39. The molecule has 8 heteroatoms. The molecule has 176 valence electrons. The van der Waals surface area contributed by atoms with Gasteiger partial charge in [-0.05, 0) is 63.6 Å². The molecular formula is C25H32ClN5O2. The fraction of sp³-hybridized carbons (Fsp3) is 0.560. The minimum absolute atomic E-state index is 0.0465. The van der Waals surface area contributed by atoms with Crippen LogP contribution in [0.25, 0.3) is 0 Å². The molecule has 2 aromatic rings. The van der Waals surface area contributed by atoms with Crippen LogP contribution in [-0.4, -0.2) is 40.6 Å². The van der Waals surface area contributed by atoms with Gasteiger partial charge >= 0.3 is 0 Å². The van der Waals surface area contributed by atoms with Crippen molar-refractivity contribution in [2.75, 3.05) is 28.2 Å². The molecule has 0 radical (unpaired) electrons. The average Bonchev–Trinajstić information content (AvgIpc) is 3.30. The van der Waals surface area contributed by atoms with Gasteiger partial charge in [-0.3, -0.25) is 9.69 Å². The molecule has 0 atom stereocenters. The van der Waals surface area contributed by atoms with E-state index in [9.17, 15) is 4.79 Å². The van der Waals surface area contributed by atoms with E-state index in [1.807, 2.05) is 17.0 Å². The maximum atomic E-state index is 13.2. The monoisotopic (exact) mass is 469 g/mol. The van der Waals surface area contributed by atoms with Crippen LogP contribution in [-0.2, 0) is 4.79 Å². The number of anilines is 4. The van der Waals surface area contributed by atoms with E-state index in [-0.39, 0.29) is 11.9 Å². The Morgan fingerprint density at radius 2 is 1.88 bits per heavy atom. The average molecular weight is 470 g/mol. The van der Waals surface area contributed by atoms with E-state index < -0.39 is 5.60 Å². The number of hydrogen-bond acceptors (Lipinski definition) is 6. The van der Waals surface area contributed by atoms with Crippen molar-refractivity contribution in [2.24, 2.45) is 5.92 Å². The van der Waals surface area contributed by atoms with Crippen LogP contribution in [0.3, 0.4) is 0 Å². The van der Waals surface area contributed by atoms with E-state index in [4.69, 9.17) is 21.3 Å². The van der Waals surface area contributed by atoms with Gasteiger partial charge in [0.1, 0.15) is 0 Å². The molecule has 3 heterocycles. The van der Waals surface area contributed by atoms with E-state index in [1.165, 1.54) is 12.8 Å². The normalized spacial score (nSPS) is 21.2. The molecule has 0 unspecified atom stereocenters. The van der Waals surface area contributed by atoms with Crippen LogP contribution in [0.15, 0.2) is 24.4 Å². The Kier molecular flexibility index (Phi) is 5.85. The van der Waals surface area contributed by atoms with E-state index >= 15 is 0 Å². The van der Waals surface area contributed by atoms with E-state index in [1.54, 1.807) is 20.0 Å². The lowest BCUT2D eigenvalue weighted by molar-refractivity contribution is -0.133. The number of fused-ring (bicyclic) bond motifs is 1. The van der Waals surface area contributed by atoms with Gasteiger partial charge in [-0.1, -0.05) is 31.4 Å². The molecule has 1 aromatic heterocycles. The van der Waals surface area contributed by atoms with Crippen LogP contribution in [0.5, 0.6) is 5.75 Å². The van der Waals surface area contributed by atoms with Gasteiger partial charge in [0, 0.05) is 24.8 Å². The van der Waals surface area contributed by atoms with Gasteiger partial charge in [0.2, 0.25) is 5.95 Å². The second-order valence-electron chi connectivity index (χ2n) is 10.1. The van der Waals surface area contributed by atoms with Crippen molar-refractivity contribution in [3.8, 4) is 5.75 Å². The number of benzene rings is 1. The fourth-order valence-electron chi connectivity index (χ4n) is 5.09. The summed E-state index contributed by atoms with van der Waals surface area (Å²) in [6.07, 6.45) is 8.26. The molecule has 0 bridgehead atoms. The lowest BCUT2D eigenvalue weighted by Crippen LogP contribution is -2.55. The standard InChI is InChI=1S/C25H32ClN5O2/c1-16-10-12-30(13-11-16)20-9-8-17(14-19(20)26)28-24-27-15-21-22(29-24)31(18-6-4-5-7-18)23(32)25(2,3)33-21/h8-9,14-16,18H,4-7,10-13H2,1-3H3,(H,27,28,29). The molecule has 1 aliphatic carbocycles. The number of nitrogens with zero attached hydrogens (tertiary/aromatic N) is 4. The maximum Gasteiger partial charge on any atom is 0.272 e. The van der Waals surface area contributed by atoms with Crippen LogP contribution < -0.4 is 19.9 Å². The zero-order valence-corrected chi connectivity index (χ0v) is 20.4. The van der Waals surface area contributed by atoms with Gasteiger partial charge in [0.25, 0.3) is 5.91 Å². The van der Waals surface area contributed by atoms with Crippen LogP contribution in [0, 0.1) is 5.92 Å². The first-order valence-electron chi connectivity index (χ1n) is 12.0. The first-order chi connectivity index (χ1) is 15.8. The number of nitrogens with one attached hydrogen (secondary N) is 1. The first-order valence-corrected chi connectivity index (χ1v) is 12.4. The van der Waals surface area contributed by atoms with Crippen molar-refractivity contribution in [3.63, 3.8) is 0 Å². The number of carbonyl (C=O) groups excluding carboxylic acids is 1. The van der Waals surface area contributed by atoms with Crippen LogP contribution in [0.4, 0.5) is 23.1 Å². The summed E-state index contributed by atoms with van der Waals surface area (Å²) in [4.78, 5) is 26.6. The third-order valence-corrected chi connectivity index (χ3v) is 7.38. The quantitative estimate of drug-likeness (QED) is 0.632. The molecule has 1 amide bonds. The number of aromatic nitrogens is 2. The number of hydrogen-bond donors (Lipinski definition) is 1. The summed E-state index contributed by atoms with van der Waals surface area (Å²) in [6.45, 7) is 7.97. The van der Waals surface area contributed by atoms with Crippen molar-refractivity contribution in [1.29, 1.82) is 0 Å². The predicted molar refractivity (Wildman–Crippen MR) is 132 cm³/mol. The molecule has 33 heavy (non-hydrogen) atoms. The third kappa shape index (κ3) is 4.35. The molecule has 1 saturated heterocycles. The van der Waals surface area contributed by atoms with Gasteiger partial charge < -0.3 is 15.0 Å². The van der Waals surface area contributed by atoms with Crippen molar-refractivity contribution in [3.05, 3.63) is 29.4 Å². The van der Waals surface area contributed by atoms with Gasteiger partial charge in [0.15, 0.2) is 17.2 Å². The van der Waals surface area contributed by atoms with Crippen molar-refractivity contribution < 1.29 is 9.53 Å². The van der Waals surface area contributed by atoms with Crippen LogP contribution in [0.1, 0.15) is 59.3 Å². The summed E-state index contributed by atoms with van der Waals surface area (Å²) in [6, 6.07) is 6.13. The van der Waals surface area contributed by atoms with Crippen molar-refractivity contribution in [2.45, 2.75) is 70.9 Å². The van der Waals surface area contributed by atoms with Crippen LogP contribution in [0.2, 0.25) is 5.02 Å². The molecule has 1 aromatic carbocycles. The minimum atomic E-state index is -0.927. The minimum Gasteiger partial charge on any atom is -0.472 e. The third-order valence-electron chi connectivity index (χ3n) is 7.08. The summed E-state index contributed by atoms with van der Waals surface area (Å²) in [5.74, 6) is 2.24. The number of piperidine rings is 1. The lowest BCUT2D eigenvalue weighted by atomic mass is 9.99. The second kappa shape index (κ2) is 8.67.